The number of nitrogens with zero attached hydrogens (tertiary/aromatic N) is 2. The van der Waals surface area contributed by atoms with Crippen LogP contribution in [-0.2, 0) is 16.5 Å². The average Bonchev–Trinajstić information content (AvgIpc) is 2.52. The molecule has 8 heteroatoms. The minimum absolute atomic E-state index is 0.0676. The minimum atomic E-state index is -1.53. The van der Waals surface area contributed by atoms with Crippen molar-refractivity contribution in [2.24, 2.45) is 5.41 Å². The Morgan fingerprint density at radius 1 is 1.23 bits per heavy atom. The van der Waals surface area contributed by atoms with E-state index in [-0.39, 0.29) is 17.7 Å². The zero-order valence-electron chi connectivity index (χ0n) is 16.1. The normalized spacial score (nSPS) is 15.8. The standard InChI is InChI=1S/C18H26FN3O3S/c1-16(2,3)26(25)21-18(6,10-9-17(4,5)12-20)14-11-13(22(23)24)7-8-15(14)19/h7-8,11,21H,9-10H2,1-6H3/t18-,26-/m1/s1. The molecular weight excluding hydrogens is 357 g/mol. The van der Waals surface area contributed by atoms with E-state index < -0.39 is 37.4 Å². The summed E-state index contributed by atoms with van der Waals surface area (Å²) in [5.41, 5.74) is -1.97. The predicted molar refractivity (Wildman–Crippen MR) is 100 cm³/mol. The Labute approximate surface area is 156 Å². The maximum Gasteiger partial charge on any atom is 0.269 e. The Hall–Kier alpha value is -1.85. The van der Waals surface area contributed by atoms with Crippen molar-refractivity contribution in [3.63, 3.8) is 0 Å². The van der Waals surface area contributed by atoms with Gasteiger partial charge >= 0.3 is 0 Å². The first-order chi connectivity index (χ1) is 11.7. The predicted octanol–water partition coefficient (Wildman–Crippen LogP) is 4.33. The Morgan fingerprint density at radius 2 is 1.81 bits per heavy atom. The van der Waals surface area contributed by atoms with E-state index in [9.17, 15) is 24.0 Å². The van der Waals surface area contributed by atoms with Crippen molar-refractivity contribution < 1.29 is 13.5 Å². The molecule has 1 aromatic rings. The molecule has 0 spiro atoms. The summed E-state index contributed by atoms with van der Waals surface area (Å²) in [5.74, 6) is -0.619. The van der Waals surface area contributed by atoms with E-state index >= 15 is 0 Å². The molecule has 0 saturated carbocycles. The van der Waals surface area contributed by atoms with Crippen LogP contribution in [0.5, 0.6) is 0 Å². The number of nitro groups is 1. The van der Waals surface area contributed by atoms with Gasteiger partial charge in [-0.05, 0) is 60.5 Å². The van der Waals surface area contributed by atoms with Crippen molar-refractivity contribution in [3.05, 3.63) is 39.7 Å². The first-order valence-electron chi connectivity index (χ1n) is 8.27. The largest absolute Gasteiger partial charge is 0.269 e. The van der Waals surface area contributed by atoms with Gasteiger partial charge in [0.25, 0.3) is 5.69 Å². The minimum Gasteiger partial charge on any atom is -0.258 e. The molecule has 0 unspecified atom stereocenters. The Balaban J connectivity index is 3.40. The van der Waals surface area contributed by atoms with Gasteiger partial charge in [0.05, 0.1) is 37.7 Å². The summed E-state index contributed by atoms with van der Waals surface area (Å²) in [7, 11) is -1.53. The highest BCUT2D eigenvalue weighted by atomic mass is 32.2. The third kappa shape index (κ3) is 5.58. The fraction of sp³-hybridized carbons (Fsp3) is 0.611. The van der Waals surface area contributed by atoms with Crippen molar-refractivity contribution in [3.8, 4) is 6.07 Å². The average molecular weight is 383 g/mol. The Morgan fingerprint density at radius 3 is 2.27 bits per heavy atom. The lowest BCUT2D eigenvalue weighted by atomic mass is 9.80. The number of hydrogen-bond acceptors (Lipinski definition) is 4. The second-order valence-corrected chi connectivity index (χ2v) is 10.2. The smallest absolute Gasteiger partial charge is 0.258 e. The van der Waals surface area contributed by atoms with Gasteiger partial charge in [-0.1, -0.05) is 0 Å². The Kier molecular flexibility index (Phi) is 6.66. The van der Waals surface area contributed by atoms with Gasteiger partial charge in [-0.2, -0.15) is 5.26 Å². The number of benzene rings is 1. The van der Waals surface area contributed by atoms with Crippen LogP contribution in [0.1, 0.15) is 59.9 Å². The number of rotatable bonds is 7. The third-order valence-corrected chi connectivity index (χ3v) is 5.93. The lowest BCUT2D eigenvalue weighted by Gasteiger charge is -2.35. The van der Waals surface area contributed by atoms with Crippen LogP contribution in [0, 0.1) is 32.7 Å². The van der Waals surface area contributed by atoms with E-state index in [1.54, 1.807) is 41.5 Å². The molecule has 144 valence electrons. The summed E-state index contributed by atoms with van der Waals surface area (Å²) < 4.78 is 29.6. The number of non-ortho nitro benzene ring substituents is 1. The van der Waals surface area contributed by atoms with Crippen molar-refractivity contribution in [1.29, 1.82) is 5.26 Å². The molecular formula is C18H26FN3O3S. The molecule has 26 heavy (non-hydrogen) atoms. The summed E-state index contributed by atoms with van der Waals surface area (Å²) in [5, 5.41) is 20.3. The van der Waals surface area contributed by atoms with E-state index in [4.69, 9.17) is 0 Å². The van der Waals surface area contributed by atoms with Crippen molar-refractivity contribution >= 4 is 16.7 Å². The number of nitrogens with one attached hydrogen (secondary N) is 1. The van der Waals surface area contributed by atoms with E-state index in [2.05, 4.69) is 10.8 Å². The lowest BCUT2D eigenvalue weighted by molar-refractivity contribution is -0.385. The van der Waals surface area contributed by atoms with Crippen LogP contribution in [-0.4, -0.2) is 13.9 Å². The molecule has 0 fully saturated rings. The van der Waals surface area contributed by atoms with Crippen LogP contribution in [0.4, 0.5) is 10.1 Å². The van der Waals surface area contributed by atoms with Crippen LogP contribution in [0.3, 0.4) is 0 Å². The van der Waals surface area contributed by atoms with Crippen LogP contribution < -0.4 is 4.72 Å². The fourth-order valence-corrected chi connectivity index (χ4v) is 3.19. The van der Waals surface area contributed by atoms with E-state index in [1.807, 2.05) is 0 Å². The molecule has 6 nitrogen and oxygen atoms in total. The maximum absolute atomic E-state index is 14.6. The molecule has 0 saturated heterocycles. The molecule has 0 heterocycles. The third-order valence-electron chi connectivity index (χ3n) is 4.18. The summed E-state index contributed by atoms with van der Waals surface area (Å²) >= 11 is 0. The topological polar surface area (TPSA) is 96.0 Å². The number of halogens is 1. The molecule has 1 aromatic carbocycles. The summed E-state index contributed by atoms with van der Waals surface area (Å²) in [6.45, 7) is 10.5. The summed E-state index contributed by atoms with van der Waals surface area (Å²) in [6, 6.07) is 5.50. The van der Waals surface area contributed by atoms with Crippen LogP contribution in [0.2, 0.25) is 0 Å². The van der Waals surface area contributed by atoms with E-state index in [0.29, 0.717) is 6.42 Å². The second-order valence-electron chi connectivity index (χ2n) is 8.23. The van der Waals surface area contributed by atoms with Gasteiger partial charge in [-0.15, -0.1) is 0 Å². The molecule has 1 rings (SSSR count). The molecule has 0 aromatic heterocycles. The second kappa shape index (κ2) is 7.80. The fourth-order valence-electron chi connectivity index (χ4n) is 2.27. The highest BCUT2D eigenvalue weighted by Gasteiger charge is 2.37. The first-order valence-corrected chi connectivity index (χ1v) is 9.42. The van der Waals surface area contributed by atoms with Gasteiger partial charge in [-0.3, -0.25) is 10.1 Å². The van der Waals surface area contributed by atoms with Crippen LogP contribution >= 0.6 is 0 Å². The molecule has 2 atom stereocenters. The molecule has 0 aliphatic heterocycles. The van der Waals surface area contributed by atoms with Gasteiger partial charge in [0.1, 0.15) is 5.82 Å². The molecule has 1 N–H and O–H groups in total. The molecule has 0 aliphatic rings. The van der Waals surface area contributed by atoms with Crippen molar-refractivity contribution in [1.82, 2.24) is 4.72 Å². The van der Waals surface area contributed by atoms with Gasteiger partial charge in [0, 0.05) is 17.7 Å². The van der Waals surface area contributed by atoms with Crippen LogP contribution in [0.15, 0.2) is 18.2 Å². The highest BCUT2D eigenvalue weighted by Crippen LogP contribution is 2.36. The quantitative estimate of drug-likeness (QED) is 0.560. The zero-order chi connectivity index (χ0) is 20.3. The molecule has 0 bridgehead atoms. The lowest BCUT2D eigenvalue weighted by Crippen LogP contribution is -2.47. The SMILES string of the molecule is CC(C)(C#N)CC[C@@](C)(N[S@](=O)C(C)(C)C)c1cc([N+](=O)[O-])ccc1F. The molecule has 0 amide bonds. The van der Waals surface area contributed by atoms with Crippen molar-refractivity contribution in [2.45, 2.75) is 64.7 Å². The zero-order valence-corrected chi connectivity index (χ0v) is 16.9. The Bertz CT molecular complexity index is 753. The maximum atomic E-state index is 14.6. The van der Waals surface area contributed by atoms with Gasteiger partial charge < -0.3 is 0 Å². The summed E-state index contributed by atoms with van der Waals surface area (Å²) in [6.07, 6.45) is 0.684. The van der Waals surface area contributed by atoms with E-state index in [1.165, 1.54) is 6.07 Å². The summed E-state index contributed by atoms with van der Waals surface area (Å²) in [4.78, 5) is 10.5. The first kappa shape index (κ1) is 22.2. The molecule has 0 radical (unpaired) electrons. The van der Waals surface area contributed by atoms with Gasteiger partial charge in [-0.25, -0.2) is 13.3 Å². The molecule has 0 aliphatic carbocycles. The highest BCUT2D eigenvalue weighted by molar-refractivity contribution is 7.84. The number of hydrogen-bond donors (Lipinski definition) is 1. The van der Waals surface area contributed by atoms with Crippen molar-refractivity contribution in [2.75, 3.05) is 0 Å². The van der Waals surface area contributed by atoms with E-state index in [0.717, 1.165) is 12.1 Å². The number of nitriles is 1. The monoisotopic (exact) mass is 383 g/mol. The number of nitro benzene ring substituents is 1. The van der Waals surface area contributed by atoms with Crippen LogP contribution in [0.25, 0.3) is 0 Å². The van der Waals surface area contributed by atoms with Gasteiger partial charge in [0.15, 0.2) is 0 Å². The van der Waals surface area contributed by atoms with Gasteiger partial charge in [0.2, 0.25) is 0 Å².